The number of aryl methyl sites for hydroxylation is 1. The van der Waals surface area contributed by atoms with Crippen LogP contribution in [0.4, 0.5) is 0 Å². The van der Waals surface area contributed by atoms with Gasteiger partial charge < -0.3 is 9.30 Å². The van der Waals surface area contributed by atoms with Gasteiger partial charge in [-0.25, -0.2) is 9.97 Å². The number of H-pyrrole nitrogens is 1. The van der Waals surface area contributed by atoms with Gasteiger partial charge in [0.05, 0.1) is 11.6 Å². The maximum atomic E-state index is 13.0. The number of imidazole rings is 1. The smallest absolute Gasteiger partial charge is 0.255 e. The van der Waals surface area contributed by atoms with E-state index in [0.29, 0.717) is 11.4 Å². The second-order valence-corrected chi connectivity index (χ2v) is 5.90. The van der Waals surface area contributed by atoms with Gasteiger partial charge >= 0.3 is 0 Å². The minimum atomic E-state index is -0.0558. The first-order valence-electron chi connectivity index (χ1n) is 7.85. The summed E-state index contributed by atoms with van der Waals surface area (Å²) in [6.07, 6.45) is 8.40. The molecule has 1 amide bonds. The van der Waals surface area contributed by atoms with Crippen molar-refractivity contribution in [3.05, 3.63) is 47.9 Å². The summed E-state index contributed by atoms with van der Waals surface area (Å²) < 4.78 is 1.86. The van der Waals surface area contributed by atoms with Gasteiger partial charge in [-0.05, 0) is 38.3 Å². The number of nitrogens with one attached hydrogen (secondary N) is 1. The van der Waals surface area contributed by atoms with Crippen molar-refractivity contribution < 1.29 is 4.79 Å². The maximum Gasteiger partial charge on any atom is 0.255 e. The van der Waals surface area contributed by atoms with Gasteiger partial charge in [-0.15, -0.1) is 0 Å². The second kappa shape index (κ2) is 5.49. The third-order valence-corrected chi connectivity index (χ3v) is 4.31. The van der Waals surface area contributed by atoms with Gasteiger partial charge in [-0.3, -0.25) is 9.89 Å². The molecule has 0 aromatic carbocycles. The van der Waals surface area contributed by atoms with Crippen LogP contribution in [0.1, 0.15) is 47.3 Å². The summed E-state index contributed by atoms with van der Waals surface area (Å²) >= 11 is 0. The van der Waals surface area contributed by atoms with Gasteiger partial charge in [0.1, 0.15) is 11.5 Å². The molecule has 4 heterocycles. The van der Waals surface area contributed by atoms with E-state index in [-0.39, 0.29) is 11.9 Å². The second-order valence-electron chi connectivity index (χ2n) is 5.90. The molecule has 3 aromatic heterocycles. The summed E-state index contributed by atoms with van der Waals surface area (Å²) in [5, 5.41) is 7.14. The van der Waals surface area contributed by atoms with E-state index in [1.165, 1.54) is 0 Å². The Hall–Kier alpha value is -2.70. The quantitative estimate of drug-likeness (QED) is 0.786. The molecule has 1 aliphatic heterocycles. The van der Waals surface area contributed by atoms with E-state index in [2.05, 4.69) is 20.2 Å². The number of carbonyl (C=O) groups excluding carboxylic acids is 1. The Morgan fingerprint density at radius 3 is 3.09 bits per heavy atom. The Labute approximate surface area is 133 Å². The molecule has 0 aliphatic carbocycles. The van der Waals surface area contributed by atoms with Gasteiger partial charge in [0.15, 0.2) is 5.82 Å². The van der Waals surface area contributed by atoms with Gasteiger partial charge in [-0.2, -0.15) is 5.10 Å². The molecule has 1 aliphatic rings. The molecule has 0 bridgehead atoms. The molecule has 1 fully saturated rings. The predicted octanol–water partition coefficient (Wildman–Crippen LogP) is 2.13. The lowest BCUT2D eigenvalue weighted by molar-refractivity contribution is 0.0600. The first-order chi connectivity index (χ1) is 11.2. The molecule has 118 valence electrons. The van der Waals surface area contributed by atoms with Crippen LogP contribution in [0.15, 0.2) is 30.7 Å². The third kappa shape index (κ3) is 2.48. The van der Waals surface area contributed by atoms with E-state index in [1.807, 2.05) is 40.8 Å². The molecule has 1 saturated heterocycles. The van der Waals surface area contributed by atoms with Crippen LogP contribution in [-0.2, 0) is 0 Å². The average Bonchev–Trinajstić information content (AvgIpc) is 3.22. The van der Waals surface area contributed by atoms with Gasteiger partial charge in [-0.1, -0.05) is 0 Å². The van der Waals surface area contributed by atoms with Crippen molar-refractivity contribution in [1.29, 1.82) is 0 Å². The lowest BCUT2D eigenvalue weighted by Gasteiger charge is -2.34. The molecule has 0 radical (unpaired) electrons. The number of hydrogen-bond donors (Lipinski definition) is 1. The fourth-order valence-corrected chi connectivity index (χ4v) is 3.16. The standard InChI is InChI=1S/C16H18N6O/c1-11-18-15(20-19-11)13-4-2-3-8-22(13)16(23)12-5-6-14-17-7-9-21(14)10-12/h5-7,9-10,13H,2-4,8H2,1H3,(H,18,19,20)/t13-/m0/s1. The molecule has 0 saturated carbocycles. The van der Waals surface area contributed by atoms with Crippen LogP contribution in [0.3, 0.4) is 0 Å². The molecule has 7 heteroatoms. The van der Waals surface area contributed by atoms with Gasteiger partial charge in [0.25, 0.3) is 5.91 Å². The third-order valence-electron chi connectivity index (χ3n) is 4.31. The fraction of sp³-hybridized carbons (Fsp3) is 0.375. The highest BCUT2D eigenvalue weighted by atomic mass is 16.2. The number of hydrogen-bond acceptors (Lipinski definition) is 4. The zero-order valence-electron chi connectivity index (χ0n) is 12.9. The van der Waals surface area contributed by atoms with Crippen LogP contribution < -0.4 is 0 Å². The molecular weight excluding hydrogens is 292 g/mol. The lowest BCUT2D eigenvalue weighted by atomic mass is 10.0. The molecular formula is C16H18N6O. The van der Waals surface area contributed by atoms with Crippen LogP contribution in [0, 0.1) is 6.92 Å². The Balaban J connectivity index is 1.66. The molecule has 23 heavy (non-hydrogen) atoms. The summed E-state index contributed by atoms with van der Waals surface area (Å²) in [5.41, 5.74) is 1.50. The average molecular weight is 310 g/mol. The fourth-order valence-electron chi connectivity index (χ4n) is 3.16. The number of carbonyl (C=O) groups is 1. The summed E-state index contributed by atoms with van der Waals surface area (Å²) in [5.74, 6) is 1.50. The Morgan fingerprint density at radius 1 is 1.35 bits per heavy atom. The summed E-state index contributed by atoms with van der Waals surface area (Å²) in [6, 6.07) is 3.64. The highest BCUT2D eigenvalue weighted by molar-refractivity contribution is 5.94. The molecule has 3 aromatic rings. The van der Waals surface area contributed by atoms with E-state index in [4.69, 9.17) is 0 Å². The van der Waals surface area contributed by atoms with Crippen molar-refractivity contribution >= 4 is 11.6 Å². The molecule has 0 spiro atoms. The SMILES string of the molecule is Cc1nc([C@@H]2CCCCN2C(=O)c2ccc3nccn3c2)n[nH]1. The molecule has 1 atom stereocenters. The minimum Gasteiger partial charge on any atom is -0.328 e. The van der Waals surface area contributed by atoms with E-state index < -0.39 is 0 Å². The molecule has 4 rings (SSSR count). The predicted molar refractivity (Wildman–Crippen MR) is 83.9 cm³/mol. The zero-order valence-corrected chi connectivity index (χ0v) is 12.9. The zero-order chi connectivity index (χ0) is 15.8. The van der Waals surface area contributed by atoms with Crippen LogP contribution in [0.5, 0.6) is 0 Å². The van der Waals surface area contributed by atoms with Crippen molar-refractivity contribution in [1.82, 2.24) is 29.5 Å². The summed E-state index contributed by atoms with van der Waals surface area (Å²) in [6.45, 7) is 2.61. The number of aromatic nitrogens is 5. The summed E-state index contributed by atoms with van der Waals surface area (Å²) in [4.78, 5) is 23.5. The Bertz CT molecular complexity index is 851. The molecule has 7 nitrogen and oxygen atoms in total. The normalized spacial score (nSPS) is 18.5. The number of amides is 1. The van der Waals surface area contributed by atoms with E-state index >= 15 is 0 Å². The van der Waals surface area contributed by atoms with Crippen LogP contribution in [0.2, 0.25) is 0 Å². The van der Waals surface area contributed by atoms with E-state index in [9.17, 15) is 4.79 Å². The number of aromatic amines is 1. The minimum absolute atomic E-state index is 0.0211. The molecule has 0 unspecified atom stereocenters. The monoisotopic (exact) mass is 310 g/mol. The number of piperidine rings is 1. The first-order valence-corrected chi connectivity index (χ1v) is 7.85. The Morgan fingerprint density at radius 2 is 2.26 bits per heavy atom. The highest BCUT2D eigenvalue weighted by Crippen LogP contribution is 2.30. The lowest BCUT2D eigenvalue weighted by Crippen LogP contribution is -2.39. The largest absolute Gasteiger partial charge is 0.328 e. The topological polar surface area (TPSA) is 79.2 Å². The number of pyridine rings is 1. The number of fused-ring (bicyclic) bond motifs is 1. The highest BCUT2D eigenvalue weighted by Gasteiger charge is 2.31. The van der Waals surface area contributed by atoms with Crippen molar-refractivity contribution in [2.24, 2.45) is 0 Å². The number of rotatable bonds is 2. The van der Waals surface area contributed by atoms with Crippen LogP contribution in [0.25, 0.3) is 5.65 Å². The number of nitrogens with zero attached hydrogens (tertiary/aromatic N) is 5. The van der Waals surface area contributed by atoms with Crippen molar-refractivity contribution in [2.75, 3.05) is 6.54 Å². The van der Waals surface area contributed by atoms with Gasteiger partial charge in [0.2, 0.25) is 0 Å². The van der Waals surface area contributed by atoms with Crippen LogP contribution in [-0.4, -0.2) is 41.9 Å². The first kappa shape index (κ1) is 13.9. The van der Waals surface area contributed by atoms with Crippen molar-refractivity contribution in [3.63, 3.8) is 0 Å². The van der Waals surface area contributed by atoms with Crippen molar-refractivity contribution in [2.45, 2.75) is 32.2 Å². The van der Waals surface area contributed by atoms with Crippen molar-refractivity contribution in [3.8, 4) is 0 Å². The van der Waals surface area contributed by atoms with E-state index in [0.717, 1.165) is 37.3 Å². The summed E-state index contributed by atoms with van der Waals surface area (Å²) in [7, 11) is 0. The maximum absolute atomic E-state index is 13.0. The number of likely N-dealkylation sites (tertiary alicyclic amines) is 1. The van der Waals surface area contributed by atoms with Gasteiger partial charge in [0, 0.05) is 25.1 Å². The Kier molecular flexibility index (Phi) is 3.33. The van der Waals surface area contributed by atoms with E-state index in [1.54, 1.807) is 6.20 Å². The molecule has 1 N–H and O–H groups in total. The van der Waals surface area contributed by atoms with Crippen LogP contribution >= 0.6 is 0 Å².